The van der Waals surface area contributed by atoms with Gasteiger partial charge in [0.1, 0.15) is 0 Å². The van der Waals surface area contributed by atoms with E-state index in [4.69, 9.17) is 4.98 Å². The van der Waals surface area contributed by atoms with Gasteiger partial charge in [-0.3, -0.25) is 49.7 Å². The smallest absolute Gasteiger partial charge is 0.276 e. The van der Waals surface area contributed by atoms with Crippen LogP contribution in [0.15, 0.2) is 229 Å². The number of rotatable bonds is 18. The molecule has 0 fully saturated rings. The van der Waals surface area contributed by atoms with Gasteiger partial charge in [-0.15, -0.1) is 0 Å². The molecule has 480 valence electrons. The molecule has 5 heterocycles. The maximum absolute atomic E-state index is 12.2. The zero-order chi connectivity index (χ0) is 68.0. The van der Waals surface area contributed by atoms with E-state index in [1.165, 1.54) is 71.9 Å². The Kier molecular flexibility index (Phi) is 21.2. The predicted molar refractivity (Wildman–Crippen MR) is 383 cm³/mol. The van der Waals surface area contributed by atoms with Crippen LogP contribution in [0.3, 0.4) is 0 Å². The maximum atomic E-state index is 12.2. The molecule has 96 heavy (non-hydrogen) atoms. The summed E-state index contributed by atoms with van der Waals surface area (Å²) in [7, 11) is 0. The molecule has 0 saturated carbocycles. The van der Waals surface area contributed by atoms with E-state index < -0.39 is 14.8 Å². The molecule has 0 aliphatic rings. The quantitative estimate of drug-likeness (QED) is 0.0359. The number of carbonyl (C=O) groups excluding carboxylic acids is 3. The lowest BCUT2D eigenvalue weighted by molar-refractivity contribution is -0.385. The zero-order valence-electron chi connectivity index (χ0n) is 53.9. The number of aromatic nitrogens is 5. The van der Waals surface area contributed by atoms with Crippen molar-refractivity contribution in [2.75, 3.05) is 0 Å². The molecule has 0 aliphatic carbocycles. The second-order valence-electron chi connectivity index (χ2n) is 23.3. The van der Waals surface area contributed by atoms with E-state index in [1.54, 1.807) is 72.8 Å². The summed E-state index contributed by atoms with van der Waals surface area (Å²) in [4.78, 5) is 86.5. The third kappa shape index (κ3) is 15.8. The molecule has 13 aromatic rings. The average Bonchev–Trinajstić information content (AvgIpc) is 1.61. The highest BCUT2D eigenvalue weighted by atomic mass is 16.6. The van der Waals surface area contributed by atoms with Crippen molar-refractivity contribution in [2.24, 2.45) is 0 Å². The summed E-state index contributed by atoms with van der Waals surface area (Å²) in [5, 5.41) is 39.3. The van der Waals surface area contributed by atoms with Crippen LogP contribution in [-0.4, -0.2) is 57.0 Å². The van der Waals surface area contributed by atoms with Gasteiger partial charge in [-0.05, 0) is 141 Å². The summed E-state index contributed by atoms with van der Waals surface area (Å²) >= 11 is 0. The Bertz CT molecular complexity index is 5190. The number of carbonyl (C=O) groups is 3. The first kappa shape index (κ1) is 66.7. The number of allylic oxidation sites excluding steroid dienone is 3. The van der Waals surface area contributed by atoms with Gasteiger partial charge in [0.15, 0.2) is 17.3 Å². The molecule has 4 N–H and O–H groups in total. The number of pyridine rings is 1. The van der Waals surface area contributed by atoms with E-state index in [0.717, 1.165) is 79.1 Å². The molecule has 17 heteroatoms. The van der Waals surface area contributed by atoms with Gasteiger partial charge in [0, 0.05) is 140 Å². The highest BCUT2D eigenvalue weighted by Gasteiger charge is 2.20. The Morgan fingerprint density at radius 3 is 1.38 bits per heavy atom. The summed E-state index contributed by atoms with van der Waals surface area (Å²) in [5.41, 5.74) is 17.3. The summed E-state index contributed by atoms with van der Waals surface area (Å²) < 4.78 is 0. The third-order valence-electron chi connectivity index (χ3n) is 16.9. The Balaban J connectivity index is 0.000000139. The van der Waals surface area contributed by atoms with E-state index >= 15 is 0 Å². The zero-order valence-corrected chi connectivity index (χ0v) is 53.9. The Hall–Kier alpha value is -12.2. The number of aryl methyl sites for hydroxylation is 3. The van der Waals surface area contributed by atoms with Gasteiger partial charge in [0.05, 0.1) is 37.0 Å². The van der Waals surface area contributed by atoms with Gasteiger partial charge in [-0.1, -0.05) is 134 Å². The minimum atomic E-state index is -0.435. The molecule has 5 aromatic heterocycles. The molecule has 0 atom stereocenters. The van der Waals surface area contributed by atoms with Crippen LogP contribution >= 0.6 is 0 Å². The summed E-state index contributed by atoms with van der Waals surface area (Å²) in [6.07, 6.45) is 13.9. The number of para-hydroxylation sites is 8. The van der Waals surface area contributed by atoms with Crippen molar-refractivity contribution in [1.82, 2.24) is 24.9 Å². The third-order valence-corrected chi connectivity index (χ3v) is 16.9. The van der Waals surface area contributed by atoms with Gasteiger partial charge in [-0.25, -0.2) is 0 Å². The number of H-pyrrole nitrogens is 4. The molecule has 0 amide bonds. The van der Waals surface area contributed by atoms with E-state index in [9.17, 15) is 44.7 Å². The summed E-state index contributed by atoms with van der Waals surface area (Å²) in [5.74, 6) is -0.287. The Morgan fingerprint density at radius 1 is 0.438 bits per heavy atom. The number of nitro groups is 3. The van der Waals surface area contributed by atoms with E-state index in [2.05, 4.69) is 94.6 Å². The fourth-order valence-corrected chi connectivity index (χ4v) is 11.8. The first-order valence-corrected chi connectivity index (χ1v) is 31.3. The van der Waals surface area contributed by atoms with E-state index in [-0.39, 0.29) is 34.4 Å². The van der Waals surface area contributed by atoms with Crippen molar-refractivity contribution in [2.45, 2.75) is 73.6 Å². The van der Waals surface area contributed by atoms with Crippen LogP contribution in [0.25, 0.3) is 72.7 Å². The number of fused-ring (bicyclic) bond motifs is 5. The first-order chi connectivity index (χ1) is 46.3. The normalized spacial score (nSPS) is 11.6. The van der Waals surface area contributed by atoms with Crippen LogP contribution in [0.1, 0.15) is 89.2 Å². The SMILES string of the molecule is CC(=O)/C(=C\c1ccccc1[N+](=O)[O-])Cc1c(C)[nH]c2ccccc12.CC(=O)/C(=C\c1ccccc1[N+](=O)[O-])Cc1c[nH]c2ccccc12.CCc1cccc2c(C/C(=C/c3ccccc3[N+](=O)[O-])C(C)=O)c[nH]c12.Cc1nc2ccccc2cc1Cc1c[nH]c2ccccc12. The van der Waals surface area contributed by atoms with Crippen LogP contribution in [0.5, 0.6) is 0 Å². The van der Waals surface area contributed by atoms with Gasteiger partial charge < -0.3 is 19.9 Å². The van der Waals surface area contributed by atoms with Crippen molar-refractivity contribution in [3.05, 3.63) is 321 Å². The second kappa shape index (κ2) is 30.5. The highest BCUT2D eigenvalue weighted by Crippen LogP contribution is 2.32. The molecule has 8 aromatic carbocycles. The van der Waals surface area contributed by atoms with E-state index in [1.807, 2.05) is 86.0 Å². The van der Waals surface area contributed by atoms with E-state index in [0.29, 0.717) is 52.7 Å². The average molecular weight is 1280 g/mol. The topological polar surface area (TPSA) is 257 Å². The number of hydrogen-bond donors (Lipinski definition) is 4. The Morgan fingerprint density at radius 2 is 0.854 bits per heavy atom. The monoisotopic (exact) mass is 1270 g/mol. The largest absolute Gasteiger partial charge is 0.361 e. The van der Waals surface area contributed by atoms with Gasteiger partial charge in [0.25, 0.3) is 17.1 Å². The van der Waals surface area contributed by atoms with Crippen LogP contribution < -0.4 is 0 Å². The van der Waals surface area contributed by atoms with Crippen LogP contribution in [0, 0.1) is 44.2 Å². The number of benzene rings is 8. The number of nitro benzene ring substituents is 3. The number of Topliss-reactive ketones (excluding diaryl/α,β-unsaturated/α-hetero) is 3. The molecular formula is C79H70N8O9. The molecule has 13 rings (SSSR count). The Labute approximate surface area is 553 Å². The fraction of sp³-hybridized carbons (Fsp3) is 0.139. The minimum Gasteiger partial charge on any atom is -0.361 e. The molecule has 0 unspecified atom stereocenters. The molecule has 0 saturated heterocycles. The second-order valence-corrected chi connectivity index (χ2v) is 23.3. The summed E-state index contributed by atoms with van der Waals surface area (Å²) in [6, 6.07) is 60.2. The lowest BCUT2D eigenvalue weighted by Crippen LogP contribution is -2.02. The van der Waals surface area contributed by atoms with Crippen LogP contribution in [0.2, 0.25) is 0 Å². The van der Waals surface area contributed by atoms with Crippen molar-refractivity contribution in [3.63, 3.8) is 0 Å². The lowest BCUT2D eigenvalue weighted by atomic mass is 9.97. The lowest BCUT2D eigenvalue weighted by Gasteiger charge is -2.07. The van der Waals surface area contributed by atoms with Gasteiger partial charge >= 0.3 is 0 Å². The summed E-state index contributed by atoms with van der Waals surface area (Å²) in [6.45, 7) is 10.6. The maximum Gasteiger partial charge on any atom is 0.276 e. The van der Waals surface area contributed by atoms with Crippen molar-refractivity contribution >= 4 is 107 Å². The van der Waals surface area contributed by atoms with Crippen molar-refractivity contribution in [1.29, 1.82) is 0 Å². The fourth-order valence-electron chi connectivity index (χ4n) is 11.8. The number of hydrogen-bond acceptors (Lipinski definition) is 10. The van der Waals surface area contributed by atoms with Crippen LogP contribution in [-0.2, 0) is 46.5 Å². The number of nitrogens with zero attached hydrogens (tertiary/aromatic N) is 4. The standard InChI is InChI=1S/C21H20N2O3.C20H18N2O3.C19H16N2O3.C19H16N2/c1-3-15-8-6-9-19-18(13-22-21(15)19)12-17(14(2)24)11-16-7-4-5-10-20(16)23(25)26;1-13-18(17-8-4-5-9-19(17)21-13)12-16(14(2)23)11-15-7-3-6-10-20(15)22(24)25;1-13(22)15(10-14-6-2-5-9-19(14)21(23)24)11-16-12-20-18-8-4-3-7-17(16)18;1-13-15(10-14-6-2-4-8-18(14)21-13)11-16-12-20-19-9-5-3-7-17(16)19/h4-11,13,22H,3,12H2,1-2H3;3-11,21H,12H2,1-2H3;2-10,12,20H,11H2,1H3;2-10,12,20H,11H2,1H3/b17-11-;16-11-;15-10-;. The molecule has 0 aliphatic heterocycles. The van der Waals surface area contributed by atoms with Crippen molar-refractivity contribution < 1.29 is 29.2 Å². The predicted octanol–water partition coefficient (Wildman–Crippen LogP) is 18.4. The molecule has 0 spiro atoms. The molecular weight excluding hydrogens is 1200 g/mol. The molecule has 0 radical (unpaired) electrons. The highest BCUT2D eigenvalue weighted by molar-refractivity contribution is 6.02. The van der Waals surface area contributed by atoms with Crippen molar-refractivity contribution in [3.8, 4) is 0 Å². The number of nitrogens with one attached hydrogen (secondary N) is 4. The molecule has 0 bridgehead atoms. The minimum absolute atomic E-state index is 0.00144. The van der Waals surface area contributed by atoms with Crippen LogP contribution in [0.4, 0.5) is 17.1 Å². The first-order valence-electron chi connectivity index (χ1n) is 31.3. The van der Waals surface area contributed by atoms with Gasteiger partial charge in [0.2, 0.25) is 0 Å². The number of aromatic amines is 4. The van der Waals surface area contributed by atoms with Gasteiger partial charge in [-0.2, -0.15) is 0 Å². The molecule has 17 nitrogen and oxygen atoms in total. The number of ketones is 3.